The van der Waals surface area contributed by atoms with E-state index in [4.69, 9.17) is 4.74 Å². The molecule has 0 aliphatic heterocycles. The van der Waals surface area contributed by atoms with Crippen molar-refractivity contribution in [1.29, 1.82) is 0 Å². The number of benzene rings is 1. The molecule has 1 rings (SSSR count). The summed E-state index contributed by atoms with van der Waals surface area (Å²) in [6, 6.07) is 6.10. The van der Waals surface area contributed by atoms with Gasteiger partial charge in [0.25, 0.3) is 0 Å². The number of carbonyl (C=O) groups excluding carboxylic acids is 1. The van der Waals surface area contributed by atoms with E-state index in [2.05, 4.69) is 5.32 Å². The smallest absolute Gasteiger partial charge is 0.232 e. The molecule has 1 amide bonds. The molecule has 0 radical (unpaired) electrons. The predicted molar refractivity (Wildman–Crippen MR) is 91.3 cm³/mol. The van der Waals surface area contributed by atoms with E-state index in [0.29, 0.717) is 18.9 Å². The maximum atomic E-state index is 12.1. The third-order valence-corrected chi connectivity index (χ3v) is 4.42. The Labute approximate surface area is 136 Å². The largest absolute Gasteiger partial charge is 0.379 e. The van der Waals surface area contributed by atoms with Crippen LogP contribution in [0.15, 0.2) is 18.2 Å². The molecule has 0 aromatic heterocycles. The van der Waals surface area contributed by atoms with Gasteiger partial charge in [0.2, 0.25) is 5.91 Å². The van der Waals surface area contributed by atoms with Crippen LogP contribution in [0.1, 0.15) is 37.0 Å². The van der Waals surface area contributed by atoms with Crippen LogP contribution in [0.2, 0.25) is 0 Å². The Morgan fingerprint density at radius 2 is 2.05 bits per heavy atom. The molecule has 1 N–H and O–H groups in total. The number of hydrogen-bond donors (Lipinski definition) is 1. The van der Waals surface area contributed by atoms with Gasteiger partial charge in [0.1, 0.15) is 5.75 Å². The minimum Gasteiger partial charge on any atom is -0.379 e. The second-order valence-electron chi connectivity index (χ2n) is 5.78. The Hall–Kier alpha value is -1.20. The standard InChI is InChI=1S/C17H27NO3S/c1-13(2)21-9-5-8-18-17(19)12-22(20)11-16-10-14(3)6-7-15(16)4/h6-7,10,13H,5,8-9,11-12H2,1-4H3,(H,18,19). The van der Waals surface area contributed by atoms with Crippen molar-refractivity contribution < 1.29 is 13.7 Å². The molecule has 1 atom stereocenters. The molecule has 1 aromatic rings. The molecule has 22 heavy (non-hydrogen) atoms. The highest BCUT2D eigenvalue weighted by Gasteiger charge is 2.10. The van der Waals surface area contributed by atoms with Crippen molar-refractivity contribution >= 4 is 16.7 Å². The third-order valence-electron chi connectivity index (χ3n) is 3.21. The molecule has 0 aliphatic rings. The Morgan fingerprint density at radius 3 is 2.73 bits per heavy atom. The molecule has 0 saturated heterocycles. The molecule has 1 unspecified atom stereocenters. The van der Waals surface area contributed by atoms with E-state index in [1.165, 1.54) is 0 Å². The van der Waals surface area contributed by atoms with Gasteiger partial charge in [-0.2, -0.15) is 0 Å². The first-order valence-electron chi connectivity index (χ1n) is 7.68. The molecular weight excluding hydrogens is 298 g/mol. The molecule has 4 nitrogen and oxygen atoms in total. The van der Waals surface area contributed by atoms with Gasteiger partial charge in [-0.05, 0) is 45.2 Å². The normalized spacial score (nSPS) is 12.4. The zero-order valence-electron chi connectivity index (χ0n) is 14.0. The summed E-state index contributed by atoms with van der Waals surface area (Å²) >= 11 is 0. The van der Waals surface area contributed by atoms with Crippen LogP contribution < -0.4 is 5.32 Å². The fraction of sp³-hybridized carbons (Fsp3) is 0.588. The average Bonchev–Trinajstić information content (AvgIpc) is 2.42. The zero-order chi connectivity index (χ0) is 16.5. The fourth-order valence-corrected chi connectivity index (χ4v) is 3.15. The molecular formula is C17H27NO3S. The average molecular weight is 325 g/mol. The number of aryl methyl sites for hydroxylation is 2. The van der Waals surface area contributed by atoms with Gasteiger partial charge < -0.3 is 10.1 Å². The van der Waals surface area contributed by atoms with E-state index in [9.17, 15) is 9.00 Å². The van der Waals surface area contributed by atoms with Crippen LogP contribution in [0.4, 0.5) is 0 Å². The lowest BCUT2D eigenvalue weighted by atomic mass is 10.1. The highest BCUT2D eigenvalue weighted by molar-refractivity contribution is 7.84. The highest BCUT2D eigenvalue weighted by Crippen LogP contribution is 2.12. The Bertz CT molecular complexity index is 515. The van der Waals surface area contributed by atoms with Crippen LogP contribution in [0.5, 0.6) is 0 Å². The van der Waals surface area contributed by atoms with Gasteiger partial charge in [-0.25, -0.2) is 0 Å². The molecule has 0 bridgehead atoms. The first kappa shape index (κ1) is 18.8. The van der Waals surface area contributed by atoms with Gasteiger partial charge in [0.05, 0.1) is 6.10 Å². The molecule has 1 aromatic carbocycles. The summed E-state index contributed by atoms with van der Waals surface area (Å²) < 4.78 is 17.5. The lowest BCUT2D eigenvalue weighted by molar-refractivity contribution is -0.118. The van der Waals surface area contributed by atoms with Crippen molar-refractivity contribution in [1.82, 2.24) is 5.32 Å². The number of ether oxygens (including phenoxy) is 1. The Balaban J connectivity index is 2.29. The van der Waals surface area contributed by atoms with E-state index in [-0.39, 0.29) is 17.8 Å². The molecule has 124 valence electrons. The van der Waals surface area contributed by atoms with Gasteiger partial charge in [-0.15, -0.1) is 0 Å². The lowest BCUT2D eigenvalue weighted by Crippen LogP contribution is -2.30. The highest BCUT2D eigenvalue weighted by atomic mass is 32.2. The maximum absolute atomic E-state index is 12.1. The third kappa shape index (κ3) is 7.71. The summed E-state index contributed by atoms with van der Waals surface area (Å²) in [6.07, 6.45) is 0.980. The molecule has 5 heteroatoms. The van der Waals surface area contributed by atoms with E-state index in [1.807, 2.05) is 45.9 Å². The van der Waals surface area contributed by atoms with Gasteiger partial charge in [-0.3, -0.25) is 9.00 Å². The number of carbonyl (C=O) groups is 1. The predicted octanol–water partition coefficient (Wildman–Crippen LogP) is 2.48. The summed E-state index contributed by atoms with van der Waals surface area (Å²) in [7, 11) is -1.18. The topological polar surface area (TPSA) is 55.4 Å². The maximum Gasteiger partial charge on any atom is 0.232 e. The zero-order valence-corrected chi connectivity index (χ0v) is 14.8. The van der Waals surface area contributed by atoms with Crippen LogP contribution in [0.25, 0.3) is 0 Å². The molecule has 0 heterocycles. The van der Waals surface area contributed by atoms with Gasteiger partial charge in [0.15, 0.2) is 0 Å². The van der Waals surface area contributed by atoms with Crippen LogP contribution in [0.3, 0.4) is 0 Å². The number of rotatable bonds is 9. The van der Waals surface area contributed by atoms with Crippen molar-refractivity contribution in [3.63, 3.8) is 0 Å². The Kier molecular flexibility index (Phi) is 8.35. The summed E-state index contributed by atoms with van der Waals surface area (Å²) in [5, 5.41) is 2.79. The molecule has 0 spiro atoms. The van der Waals surface area contributed by atoms with Crippen LogP contribution in [-0.2, 0) is 26.1 Å². The van der Waals surface area contributed by atoms with Gasteiger partial charge >= 0.3 is 0 Å². The first-order chi connectivity index (χ1) is 10.4. The van der Waals surface area contributed by atoms with Gasteiger partial charge in [-0.1, -0.05) is 23.8 Å². The van der Waals surface area contributed by atoms with Crippen LogP contribution in [-0.4, -0.2) is 35.1 Å². The SMILES string of the molecule is Cc1ccc(C)c(CS(=O)CC(=O)NCCCOC(C)C)c1. The van der Waals surface area contributed by atoms with E-state index >= 15 is 0 Å². The second-order valence-corrected chi connectivity index (χ2v) is 7.24. The first-order valence-corrected chi connectivity index (χ1v) is 9.16. The fourth-order valence-electron chi connectivity index (χ4n) is 2.00. The van der Waals surface area contributed by atoms with Gasteiger partial charge in [0, 0.05) is 29.7 Å². The van der Waals surface area contributed by atoms with Crippen LogP contribution >= 0.6 is 0 Å². The molecule has 0 saturated carbocycles. The summed E-state index contributed by atoms with van der Waals surface area (Å²) in [5.74, 6) is 0.323. The van der Waals surface area contributed by atoms with Crippen molar-refractivity contribution in [2.45, 2.75) is 46.0 Å². The number of amides is 1. The molecule has 0 aliphatic carbocycles. The summed E-state index contributed by atoms with van der Waals surface area (Å²) in [4.78, 5) is 11.7. The van der Waals surface area contributed by atoms with Crippen molar-refractivity contribution in [3.05, 3.63) is 34.9 Å². The number of nitrogens with one attached hydrogen (secondary N) is 1. The Morgan fingerprint density at radius 1 is 1.32 bits per heavy atom. The van der Waals surface area contributed by atoms with E-state index < -0.39 is 10.8 Å². The minimum absolute atomic E-state index is 0.0540. The molecule has 0 fully saturated rings. The summed E-state index contributed by atoms with van der Waals surface area (Å²) in [6.45, 7) is 9.17. The van der Waals surface area contributed by atoms with Crippen molar-refractivity contribution in [3.8, 4) is 0 Å². The summed E-state index contributed by atoms with van der Waals surface area (Å²) in [5.41, 5.74) is 3.31. The van der Waals surface area contributed by atoms with Crippen molar-refractivity contribution in [2.75, 3.05) is 18.9 Å². The van der Waals surface area contributed by atoms with Crippen molar-refractivity contribution in [2.24, 2.45) is 0 Å². The van der Waals surface area contributed by atoms with Crippen LogP contribution in [0, 0.1) is 13.8 Å². The minimum atomic E-state index is -1.18. The quantitative estimate of drug-likeness (QED) is 0.710. The second kappa shape index (κ2) is 9.74. The van der Waals surface area contributed by atoms with E-state index in [0.717, 1.165) is 23.1 Å². The monoisotopic (exact) mass is 325 g/mol. The number of hydrogen-bond acceptors (Lipinski definition) is 3. The van der Waals surface area contributed by atoms with E-state index in [1.54, 1.807) is 0 Å². The lowest BCUT2D eigenvalue weighted by Gasteiger charge is -2.09.